The van der Waals surface area contributed by atoms with Crippen LogP contribution in [0.15, 0.2) is 18.5 Å². The van der Waals surface area contributed by atoms with Gasteiger partial charge in [0.15, 0.2) is 6.61 Å². The number of hydrogen-bond acceptors (Lipinski definition) is 6. The van der Waals surface area contributed by atoms with E-state index in [0.29, 0.717) is 0 Å². The van der Waals surface area contributed by atoms with Crippen molar-refractivity contribution in [3.8, 4) is 17.3 Å². The largest absolute Gasteiger partial charge is 0.454 e. The van der Waals surface area contributed by atoms with Crippen molar-refractivity contribution in [3.63, 3.8) is 0 Å². The van der Waals surface area contributed by atoms with Gasteiger partial charge in [-0.2, -0.15) is 36.3 Å². The normalized spacial score (nSPS) is 11.6. The predicted octanol–water partition coefficient (Wildman–Crippen LogP) is 3.36. The van der Waals surface area contributed by atoms with Gasteiger partial charge in [0.2, 0.25) is 5.82 Å². The highest BCUT2D eigenvalue weighted by Gasteiger charge is 2.34. The van der Waals surface area contributed by atoms with Gasteiger partial charge in [-0.05, 0) is 0 Å². The Balaban J connectivity index is 0.00000312. The summed E-state index contributed by atoms with van der Waals surface area (Å²) in [7, 11) is 1.45. The minimum Gasteiger partial charge on any atom is -0.454 e. The van der Waals surface area contributed by atoms with Crippen LogP contribution < -0.4 is 10.1 Å². The average molecular weight is 390 g/mol. The Morgan fingerprint density at radius 2 is 1.64 bits per heavy atom. The van der Waals surface area contributed by atoms with Crippen LogP contribution in [-0.2, 0) is 6.18 Å². The van der Waals surface area contributed by atoms with E-state index in [2.05, 4.69) is 30.0 Å². The van der Waals surface area contributed by atoms with Crippen LogP contribution in [0.1, 0.15) is 5.82 Å². The van der Waals surface area contributed by atoms with Crippen molar-refractivity contribution in [2.45, 2.75) is 12.4 Å². The maximum Gasteiger partial charge on any atom is 0.451 e. The molecule has 0 fully saturated rings. The second-order valence-corrected chi connectivity index (χ2v) is 4.37. The number of hydrogen-bond donors (Lipinski definition) is 1. The van der Waals surface area contributed by atoms with Crippen molar-refractivity contribution in [1.29, 1.82) is 0 Å². The number of anilines is 1. The first-order valence-electron chi connectivity index (χ1n) is 6.24. The number of halogens is 7. The van der Waals surface area contributed by atoms with Crippen LogP contribution in [0.3, 0.4) is 0 Å². The third-order valence-corrected chi connectivity index (χ3v) is 2.53. The number of nitrogens with one attached hydrogen (secondary N) is 1. The van der Waals surface area contributed by atoms with E-state index in [9.17, 15) is 26.3 Å². The Labute approximate surface area is 143 Å². The number of nitrogens with zero attached hydrogens (tertiary/aromatic N) is 4. The molecule has 0 amide bonds. The van der Waals surface area contributed by atoms with E-state index in [1.54, 1.807) is 0 Å². The van der Waals surface area contributed by atoms with Gasteiger partial charge < -0.3 is 10.1 Å². The second-order valence-electron chi connectivity index (χ2n) is 4.37. The topological polar surface area (TPSA) is 72.8 Å². The maximum absolute atomic E-state index is 12.4. The van der Waals surface area contributed by atoms with Gasteiger partial charge in [0.05, 0.1) is 5.69 Å². The SMILES string of the molecule is CNc1cc(-c2cnc(C(F)(F)F)nc2)nc(OCC(F)(F)F)n1.Cl. The van der Waals surface area contributed by atoms with E-state index in [-0.39, 0.29) is 29.5 Å². The predicted molar refractivity (Wildman–Crippen MR) is 76.4 cm³/mol. The smallest absolute Gasteiger partial charge is 0.451 e. The van der Waals surface area contributed by atoms with Gasteiger partial charge in [0.25, 0.3) is 0 Å². The fourth-order valence-electron chi connectivity index (χ4n) is 1.52. The molecular weight excluding hydrogens is 380 g/mol. The number of aromatic nitrogens is 4. The molecule has 0 aliphatic rings. The minimum absolute atomic E-state index is 0. The maximum atomic E-state index is 12.4. The molecule has 2 heterocycles. The van der Waals surface area contributed by atoms with Crippen LogP contribution in [0.4, 0.5) is 32.2 Å². The van der Waals surface area contributed by atoms with Crippen molar-refractivity contribution < 1.29 is 31.1 Å². The summed E-state index contributed by atoms with van der Waals surface area (Å²) in [6, 6.07) is 0.709. The Hall–Kier alpha value is -2.37. The lowest BCUT2D eigenvalue weighted by atomic mass is 10.2. The molecule has 0 saturated carbocycles. The summed E-state index contributed by atoms with van der Waals surface area (Å²) in [5.41, 5.74) is 0.0546. The summed E-state index contributed by atoms with van der Waals surface area (Å²) in [5.74, 6) is -1.24. The summed E-state index contributed by atoms with van der Waals surface area (Å²) in [4.78, 5) is 13.7. The Morgan fingerprint density at radius 3 is 2.12 bits per heavy atom. The molecule has 2 aromatic heterocycles. The number of rotatable bonds is 4. The van der Waals surface area contributed by atoms with Gasteiger partial charge in [-0.3, -0.25) is 0 Å². The van der Waals surface area contributed by atoms with Crippen molar-refractivity contribution in [2.75, 3.05) is 19.0 Å². The summed E-state index contributed by atoms with van der Waals surface area (Å²) >= 11 is 0. The van der Waals surface area contributed by atoms with Crippen molar-refractivity contribution >= 4 is 18.2 Å². The summed E-state index contributed by atoms with van der Waals surface area (Å²) < 4.78 is 78.3. The van der Waals surface area contributed by atoms with Crippen molar-refractivity contribution in [2.24, 2.45) is 0 Å². The molecule has 1 N–H and O–H groups in total. The number of alkyl halides is 6. The molecule has 0 unspecified atom stereocenters. The number of ether oxygens (including phenoxy) is 1. The third-order valence-electron chi connectivity index (χ3n) is 2.53. The molecule has 138 valence electrons. The molecule has 0 atom stereocenters. The lowest BCUT2D eigenvalue weighted by Crippen LogP contribution is -2.20. The zero-order valence-electron chi connectivity index (χ0n) is 12.3. The molecule has 0 bridgehead atoms. The molecule has 0 radical (unpaired) electrons. The molecule has 0 aliphatic carbocycles. The van der Waals surface area contributed by atoms with Crippen LogP contribution in [0.25, 0.3) is 11.3 Å². The Kier molecular flexibility index (Phi) is 6.35. The fourth-order valence-corrected chi connectivity index (χ4v) is 1.52. The zero-order valence-corrected chi connectivity index (χ0v) is 13.1. The molecule has 25 heavy (non-hydrogen) atoms. The lowest BCUT2D eigenvalue weighted by Gasteiger charge is -2.11. The molecule has 6 nitrogen and oxygen atoms in total. The molecule has 0 aromatic carbocycles. The van der Waals surface area contributed by atoms with Gasteiger partial charge in [-0.25, -0.2) is 9.97 Å². The minimum atomic E-state index is -4.71. The first-order chi connectivity index (χ1) is 11.1. The molecule has 2 aromatic rings. The van der Waals surface area contributed by atoms with Crippen LogP contribution in [0.2, 0.25) is 0 Å². The highest BCUT2D eigenvalue weighted by atomic mass is 35.5. The molecule has 2 rings (SSSR count). The molecule has 0 saturated heterocycles. The molecular formula is C12H10ClF6N5O. The second kappa shape index (κ2) is 7.68. The lowest BCUT2D eigenvalue weighted by molar-refractivity contribution is -0.154. The van der Waals surface area contributed by atoms with E-state index in [1.807, 2.05) is 0 Å². The van der Waals surface area contributed by atoms with E-state index >= 15 is 0 Å². The van der Waals surface area contributed by atoms with Gasteiger partial charge in [0.1, 0.15) is 5.82 Å². The Morgan fingerprint density at radius 1 is 1.04 bits per heavy atom. The van der Waals surface area contributed by atoms with Gasteiger partial charge >= 0.3 is 18.4 Å². The van der Waals surface area contributed by atoms with Gasteiger partial charge in [-0.1, -0.05) is 0 Å². The quantitative estimate of drug-likeness (QED) is 0.808. The zero-order chi connectivity index (χ0) is 18.0. The van der Waals surface area contributed by atoms with E-state index < -0.39 is 30.8 Å². The summed E-state index contributed by atoms with van der Waals surface area (Å²) in [6.45, 7) is -1.61. The first-order valence-corrected chi connectivity index (χ1v) is 6.24. The summed E-state index contributed by atoms with van der Waals surface area (Å²) in [5, 5.41) is 2.58. The van der Waals surface area contributed by atoms with Crippen molar-refractivity contribution in [3.05, 3.63) is 24.3 Å². The highest BCUT2D eigenvalue weighted by molar-refractivity contribution is 5.85. The first kappa shape index (κ1) is 20.7. The van der Waals surface area contributed by atoms with Crippen molar-refractivity contribution in [1.82, 2.24) is 19.9 Å². The highest BCUT2D eigenvalue weighted by Crippen LogP contribution is 2.27. The standard InChI is InChI=1S/C12H9F6N5O.ClH/c1-19-8-2-7(22-10(23-8)24-5-11(13,14)15)6-3-20-9(21-4-6)12(16,17)18;/h2-4H,5H2,1H3,(H,19,22,23);1H. The van der Waals surface area contributed by atoms with E-state index in [4.69, 9.17) is 0 Å². The van der Waals surface area contributed by atoms with Crippen LogP contribution >= 0.6 is 12.4 Å². The van der Waals surface area contributed by atoms with E-state index in [1.165, 1.54) is 13.1 Å². The van der Waals surface area contributed by atoms with Crippen LogP contribution in [0, 0.1) is 0 Å². The van der Waals surface area contributed by atoms with Crippen LogP contribution in [0.5, 0.6) is 6.01 Å². The van der Waals surface area contributed by atoms with Gasteiger partial charge in [-0.15, -0.1) is 12.4 Å². The average Bonchev–Trinajstić information content (AvgIpc) is 2.51. The summed E-state index contributed by atoms with van der Waals surface area (Å²) in [6.07, 6.45) is -7.59. The monoisotopic (exact) mass is 389 g/mol. The fraction of sp³-hybridized carbons (Fsp3) is 0.333. The molecule has 13 heteroatoms. The molecule has 0 spiro atoms. The Bertz CT molecular complexity index is 707. The third kappa shape index (κ3) is 5.89. The van der Waals surface area contributed by atoms with Gasteiger partial charge in [0, 0.05) is 31.1 Å². The molecule has 0 aliphatic heterocycles. The van der Waals surface area contributed by atoms with Crippen LogP contribution in [-0.4, -0.2) is 39.8 Å². The van der Waals surface area contributed by atoms with E-state index in [0.717, 1.165) is 12.4 Å².